The van der Waals surface area contributed by atoms with Crippen molar-refractivity contribution in [2.24, 2.45) is 11.5 Å². The maximum absolute atomic E-state index is 10.5. The lowest BCUT2D eigenvalue weighted by molar-refractivity contribution is -0.134. The van der Waals surface area contributed by atoms with Crippen molar-refractivity contribution in [3.05, 3.63) is 29.6 Å². The van der Waals surface area contributed by atoms with Crippen LogP contribution in [0.25, 0.3) is 0 Å². The van der Waals surface area contributed by atoms with Gasteiger partial charge in [-0.15, -0.1) is 12.4 Å². The van der Waals surface area contributed by atoms with Crippen molar-refractivity contribution < 1.29 is 19.5 Å². The minimum absolute atomic E-state index is 0. The number of halogens is 1. The van der Waals surface area contributed by atoms with Crippen molar-refractivity contribution in [2.45, 2.75) is 6.92 Å². The Labute approximate surface area is 103 Å². The molecule has 1 heterocycles. The summed E-state index contributed by atoms with van der Waals surface area (Å²) in [5.41, 5.74) is 10.2. The number of nitrogens with two attached hydrogens (primary N) is 2. The summed E-state index contributed by atoms with van der Waals surface area (Å²) >= 11 is 0. The number of hydrogen-bond donors (Lipinski definition) is 3. The molecule has 1 aromatic heterocycles. The number of carbonyl (C=O) groups excluding carboxylic acids is 2. The molecule has 1 aromatic rings. The monoisotopic (exact) mass is 261 g/mol. The van der Waals surface area contributed by atoms with Crippen LogP contribution < -0.4 is 11.5 Å². The zero-order valence-electron chi connectivity index (χ0n) is 8.91. The van der Waals surface area contributed by atoms with Crippen LogP contribution in [0.5, 0.6) is 0 Å². The number of rotatable bonds is 2. The fraction of sp³-hybridized carbons (Fsp3) is 0.111. The maximum Gasteiger partial charge on any atom is 0.300 e. The molecule has 0 atom stereocenters. The van der Waals surface area contributed by atoms with E-state index in [1.165, 1.54) is 18.3 Å². The Balaban J connectivity index is 0. The predicted molar refractivity (Wildman–Crippen MR) is 61.8 cm³/mol. The van der Waals surface area contributed by atoms with Gasteiger partial charge in [0.1, 0.15) is 5.69 Å². The van der Waals surface area contributed by atoms with Crippen molar-refractivity contribution in [3.63, 3.8) is 0 Å². The van der Waals surface area contributed by atoms with Crippen molar-refractivity contribution in [1.82, 2.24) is 4.98 Å². The Hall–Kier alpha value is -2.15. The van der Waals surface area contributed by atoms with Gasteiger partial charge in [-0.3, -0.25) is 19.4 Å². The van der Waals surface area contributed by atoms with Crippen molar-refractivity contribution >= 4 is 30.2 Å². The fourth-order valence-corrected chi connectivity index (χ4v) is 0.685. The summed E-state index contributed by atoms with van der Waals surface area (Å²) in [6.45, 7) is 1.08. The average molecular weight is 262 g/mol. The predicted octanol–water partition coefficient (Wildman–Crippen LogP) is -0.208. The number of carboxylic acids is 1. The Morgan fingerprint density at radius 2 is 1.65 bits per heavy atom. The molecule has 7 nitrogen and oxygen atoms in total. The second-order valence-electron chi connectivity index (χ2n) is 2.68. The van der Waals surface area contributed by atoms with Crippen LogP contribution in [0, 0.1) is 0 Å². The molecule has 0 fully saturated rings. The molecule has 0 saturated carbocycles. The number of amides is 2. The first-order valence-electron chi connectivity index (χ1n) is 4.09. The molecule has 0 aromatic carbocycles. The molecule has 2 amide bonds. The van der Waals surface area contributed by atoms with Gasteiger partial charge >= 0.3 is 0 Å². The Morgan fingerprint density at radius 3 is 1.88 bits per heavy atom. The highest BCUT2D eigenvalue weighted by Gasteiger charge is 2.03. The van der Waals surface area contributed by atoms with E-state index >= 15 is 0 Å². The lowest BCUT2D eigenvalue weighted by Gasteiger charge is -1.95. The van der Waals surface area contributed by atoms with Crippen LogP contribution in [0.15, 0.2) is 18.3 Å². The van der Waals surface area contributed by atoms with Crippen LogP contribution in [0.3, 0.4) is 0 Å². The lowest BCUT2D eigenvalue weighted by Crippen LogP contribution is -2.15. The summed E-state index contributed by atoms with van der Waals surface area (Å²) in [4.78, 5) is 33.7. The first-order valence-corrected chi connectivity index (χ1v) is 4.09. The minimum Gasteiger partial charge on any atom is -0.481 e. The van der Waals surface area contributed by atoms with Crippen LogP contribution in [-0.2, 0) is 4.79 Å². The van der Waals surface area contributed by atoms with Crippen LogP contribution in [0.1, 0.15) is 27.8 Å². The molecule has 0 saturated heterocycles. The molecule has 0 radical (unpaired) electrons. The third kappa shape index (κ3) is 7.74. The van der Waals surface area contributed by atoms with Crippen LogP contribution in [0.2, 0.25) is 0 Å². The van der Waals surface area contributed by atoms with Crippen LogP contribution >= 0.6 is 12.4 Å². The molecule has 1 rings (SSSR count). The van der Waals surface area contributed by atoms with Crippen LogP contribution in [0.4, 0.5) is 0 Å². The third-order valence-corrected chi connectivity index (χ3v) is 1.30. The van der Waals surface area contributed by atoms with Gasteiger partial charge in [0, 0.05) is 13.1 Å². The first kappa shape index (κ1) is 17.3. The van der Waals surface area contributed by atoms with E-state index in [0.717, 1.165) is 6.92 Å². The molecule has 8 heteroatoms. The zero-order valence-corrected chi connectivity index (χ0v) is 9.73. The molecule has 0 aliphatic heterocycles. The zero-order chi connectivity index (χ0) is 12.7. The molecule has 0 unspecified atom stereocenters. The van der Waals surface area contributed by atoms with Gasteiger partial charge in [-0.1, -0.05) is 0 Å². The SMILES string of the molecule is CC(=O)O.Cl.NC(=O)c1ccc(C(N)=O)nc1. The number of aliphatic carboxylic acids is 1. The first-order chi connectivity index (χ1) is 7.34. The van der Waals surface area contributed by atoms with Gasteiger partial charge in [-0.05, 0) is 12.1 Å². The molecule has 17 heavy (non-hydrogen) atoms. The van der Waals surface area contributed by atoms with E-state index in [1.807, 2.05) is 0 Å². The lowest BCUT2D eigenvalue weighted by atomic mass is 10.2. The van der Waals surface area contributed by atoms with E-state index in [9.17, 15) is 9.59 Å². The second-order valence-corrected chi connectivity index (χ2v) is 2.68. The highest BCUT2D eigenvalue weighted by molar-refractivity contribution is 5.94. The van der Waals surface area contributed by atoms with Gasteiger partial charge in [-0.2, -0.15) is 0 Å². The summed E-state index contributed by atoms with van der Waals surface area (Å²) in [6.07, 6.45) is 1.21. The average Bonchev–Trinajstić information content (AvgIpc) is 2.17. The largest absolute Gasteiger partial charge is 0.481 e. The topological polar surface area (TPSA) is 136 Å². The van der Waals surface area contributed by atoms with Crippen molar-refractivity contribution in [1.29, 1.82) is 0 Å². The number of pyridine rings is 1. The normalized spacial score (nSPS) is 8.06. The molecule has 94 valence electrons. The standard InChI is InChI=1S/C7H7N3O2.C2H4O2.ClH/c8-6(11)4-1-2-5(7(9)12)10-3-4;1-2(3)4;/h1-3H,(H2,8,11)(H2,9,12);1H3,(H,3,4);1H. The Kier molecular flexibility index (Phi) is 8.17. The van der Waals surface area contributed by atoms with E-state index < -0.39 is 17.8 Å². The van der Waals surface area contributed by atoms with Gasteiger partial charge in [0.05, 0.1) is 5.56 Å². The van der Waals surface area contributed by atoms with E-state index in [4.69, 9.17) is 21.4 Å². The molecule has 0 bridgehead atoms. The van der Waals surface area contributed by atoms with Gasteiger partial charge < -0.3 is 16.6 Å². The van der Waals surface area contributed by atoms with Gasteiger partial charge in [0.2, 0.25) is 5.91 Å². The van der Waals surface area contributed by atoms with Crippen LogP contribution in [-0.4, -0.2) is 27.9 Å². The van der Waals surface area contributed by atoms with E-state index in [-0.39, 0.29) is 23.7 Å². The number of hydrogen-bond acceptors (Lipinski definition) is 4. The van der Waals surface area contributed by atoms with E-state index in [0.29, 0.717) is 0 Å². The maximum atomic E-state index is 10.5. The summed E-state index contributed by atoms with van der Waals surface area (Å²) in [5, 5.41) is 7.42. The molecule has 5 N–H and O–H groups in total. The molecule has 0 aliphatic carbocycles. The number of primary amides is 2. The van der Waals surface area contributed by atoms with Gasteiger partial charge in [0.25, 0.3) is 11.9 Å². The molecular formula is C9H12ClN3O4. The summed E-state index contributed by atoms with van der Waals surface area (Å²) in [6, 6.07) is 2.75. The summed E-state index contributed by atoms with van der Waals surface area (Å²) in [7, 11) is 0. The Morgan fingerprint density at radius 1 is 1.18 bits per heavy atom. The number of carboxylic acid groups (broad SMARTS) is 1. The quantitative estimate of drug-likeness (QED) is 0.677. The van der Waals surface area contributed by atoms with Gasteiger partial charge in [0.15, 0.2) is 0 Å². The number of nitrogens with zero attached hydrogens (tertiary/aromatic N) is 1. The summed E-state index contributed by atoms with van der Waals surface area (Å²) < 4.78 is 0. The number of carbonyl (C=O) groups is 3. The molecule has 0 aliphatic rings. The molecular weight excluding hydrogens is 250 g/mol. The van der Waals surface area contributed by atoms with Crippen molar-refractivity contribution in [3.8, 4) is 0 Å². The van der Waals surface area contributed by atoms with E-state index in [1.54, 1.807) is 0 Å². The second kappa shape index (κ2) is 8.05. The minimum atomic E-state index is -0.833. The van der Waals surface area contributed by atoms with E-state index in [2.05, 4.69) is 4.98 Å². The number of aromatic nitrogens is 1. The fourth-order valence-electron chi connectivity index (χ4n) is 0.685. The third-order valence-electron chi connectivity index (χ3n) is 1.30. The van der Waals surface area contributed by atoms with Crippen molar-refractivity contribution in [2.75, 3.05) is 0 Å². The highest BCUT2D eigenvalue weighted by atomic mass is 35.5. The molecule has 0 spiro atoms. The summed E-state index contributed by atoms with van der Waals surface area (Å²) in [5.74, 6) is -2.05. The van der Waals surface area contributed by atoms with Gasteiger partial charge in [-0.25, -0.2) is 0 Å². The highest BCUT2D eigenvalue weighted by Crippen LogP contribution is 1.97. The Bertz CT molecular complexity index is 368. The smallest absolute Gasteiger partial charge is 0.300 e.